The van der Waals surface area contributed by atoms with E-state index in [4.69, 9.17) is 0 Å². The molecule has 1 amide bonds. The first-order valence-corrected chi connectivity index (χ1v) is 11.7. The Morgan fingerprint density at radius 1 is 1.03 bits per heavy atom. The van der Waals surface area contributed by atoms with Crippen LogP contribution >= 0.6 is 0 Å². The van der Waals surface area contributed by atoms with Crippen molar-refractivity contribution in [2.75, 3.05) is 32.7 Å². The van der Waals surface area contributed by atoms with Crippen LogP contribution in [0.2, 0.25) is 0 Å². The second-order valence-electron chi connectivity index (χ2n) is 7.46. The van der Waals surface area contributed by atoms with Crippen LogP contribution in [-0.4, -0.2) is 51.4 Å². The maximum atomic E-state index is 12.7. The molecule has 0 unspecified atom stereocenters. The number of nitrogens with one attached hydrogen (secondary N) is 2. The molecule has 0 bridgehead atoms. The quantitative estimate of drug-likeness (QED) is 0.680. The molecule has 1 aliphatic heterocycles. The number of carbonyl (C=O) groups excluding carboxylic acids is 1. The Morgan fingerprint density at radius 2 is 1.62 bits per heavy atom. The third kappa shape index (κ3) is 5.65. The minimum absolute atomic E-state index is 0.0154. The Bertz CT molecular complexity index is 880. The number of hydrogen-bond donors (Lipinski definition) is 2. The number of amides is 1. The molecule has 1 atom stereocenters. The van der Waals surface area contributed by atoms with E-state index in [-0.39, 0.29) is 11.9 Å². The molecule has 2 N–H and O–H groups in total. The fraction of sp³-hybridized carbons (Fsp3) is 0.409. The number of carbonyl (C=O) groups is 1. The van der Waals surface area contributed by atoms with Crippen LogP contribution in [-0.2, 0) is 14.8 Å². The average molecular weight is 417 g/mol. The van der Waals surface area contributed by atoms with E-state index in [0.29, 0.717) is 37.6 Å². The van der Waals surface area contributed by atoms with Crippen LogP contribution in [0.25, 0.3) is 0 Å². The van der Waals surface area contributed by atoms with Crippen LogP contribution in [0.15, 0.2) is 65.6 Å². The smallest absolute Gasteiger partial charge is 0.275 e. The van der Waals surface area contributed by atoms with Gasteiger partial charge in [-0.15, -0.1) is 0 Å². The molecule has 0 aliphatic carbocycles. The summed E-state index contributed by atoms with van der Waals surface area (Å²) in [5, 5.41) is 3.16. The van der Waals surface area contributed by atoms with Gasteiger partial charge in [0.2, 0.25) is 10.0 Å². The molecule has 1 aliphatic rings. The van der Waals surface area contributed by atoms with Crippen LogP contribution in [0.3, 0.4) is 0 Å². The van der Waals surface area contributed by atoms with Crippen LogP contribution in [0.4, 0.5) is 0 Å². The Labute approximate surface area is 173 Å². The van der Waals surface area contributed by atoms with Gasteiger partial charge >= 0.3 is 0 Å². The normalized spacial score (nSPS) is 17.0. The number of nitrogens with zero attached hydrogens (tertiary/aromatic N) is 1. The zero-order valence-corrected chi connectivity index (χ0v) is 17.7. The Kier molecular flexibility index (Phi) is 7.41. The van der Waals surface area contributed by atoms with Gasteiger partial charge in [-0.3, -0.25) is 4.79 Å². The zero-order valence-electron chi connectivity index (χ0n) is 16.9. The van der Waals surface area contributed by atoms with E-state index in [9.17, 15) is 13.2 Å². The predicted octanol–water partition coefficient (Wildman–Crippen LogP) is 1.23. The Morgan fingerprint density at radius 3 is 2.21 bits per heavy atom. The fourth-order valence-corrected chi connectivity index (χ4v) is 5.19. The molecule has 2 aromatic rings. The minimum atomic E-state index is -3.46. The number of benzene rings is 2. The van der Waals surface area contributed by atoms with Gasteiger partial charge in [-0.05, 0) is 24.1 Å². The van der Waals surface area contributed by atoms with Crippen molar-refractivity contribution < 1.29 is 18.1 Å². The lowest BCUT2D eigenvalue weighted by Crippen LogP contribution is -3.15. The molecule has 29 heavy (non-hydrogen) atoms. The average Bonchev–Trinajstić information content (AvgIpc) is 2.75. The molecule has 0 spiro atoms. The first-order valence-electron chi connectivity index (χ1n) is 10.2. The predicted molar refractivity (Wildman–Crippen MR) is 113 cm³/mol. The van der Waals surface area contributed by atoms with E-state index in [1.807, 2.05) is 30.3 Å². The van der Waals surface area contributed by atoms with Gasteiger partial charge in [-0.25, -0.2) is 8.42 Å². The molecule has 156 valence electrons. The highest BCUT2D eigenvalue weighted by Crippen LogP contribution is 2.18. The molecular weight excluding hydrogens is 386 g/mol. The first kappa shape index (κ1) is 21.5. The van der Waals surface area contributed by atoms with Gasteiger partial charge in [0.15, 0.2) is 6.54 Å². The standard InChI is InChI=1S/C22H29N3O3S/c1-2-9-21(19-10-5-3-6-11-19)23-22(26)18-24-14-16-25(17-15-24)29(27,28)20-12-7-4-8-13-20/h3-8,10-13,21H,2,9,14-18H2,1H3,(H,23,26)/p+1/t21-/m1/s1. The lowest BCUT2D eigenvalue weighted by Gasteiger charge is -2.31. The number of sulfonamides is 1. The number of quaternary nitrogens is 1. The Hall–Kier alpha value is -2.22. The van der Waals surface area contributed by atoms with Crippen molar-refractivity contribution in [2.24, 2.45) is 0 Å². The lowest BCUT2D eigenvalue weighted by molar-refractivity contribution is -0.895. The summed E-state index contributed by atoms with van der Waals surface area (Å²) < 4.78 is 27.0. The van der Waals surface area contributed by atoms with Crippen molar-refractivity contribution in [2.45, 2.75) is 30.7 Å². The van der Waals surface area contributed by atoms with Crippen molar-refractivity contribution in [1.82, 2.24) is 9.62 Å². The van der Waals surface area contributed by atoms with Gasteiger partial charge in [0.05, 0.1) is 37.1 Å². The SMILES string of the molecule is CCC[C@@H](NC(=O)C[NH+]1CCN(S(=O)(=O)c2ccccc2)CC1)c1ccccc1. The van der Waals surface area contributed by atoms with E-state index in [1.54, 1.807) is 30.3 Å². The molecular formula is C22H30N3O3S+. The summed E-state index contributed by atoms with van der Waals surface area (Å²) in [6, 6.07) is 18.6. The first-order chi connectivity index (χ1) is 14.0. The van der Waals surface area contributed by atoms with Gasteiger partial charge in [0.1, 0.15) is 0 Å². The Balaban J connectivity index is 1.53. The molecule has 1 heterocycles. The van der Waals surface area contributed by atoms with Crippen molar-refractivity contribution in [3.63, 3.8) is 0 Å². The van der Waals surface area contributed by atoms with Crippen LogP contribution < -0.4 is 10.2 Å². The maximum Gasteiger partial charge on any atom is 0.275 e. The summed E-state index contributed by atoms with van der Waals surface area (Å²) in [4.78, 5) is 14.0. The number of rotatable bonds is 8. The van der Waals surface area contributed by atoms with Gasteiger partial charge in [0.25, 0.3) is 5.91 Å². The molecule has 7 heteroatoms. The monoisotopic (exact) mass is 416 g/mol. The van der Waals surface area contributed by atoms with Crippen molar-refractivity contribution in [3.8, 4) is 0 Å². The van der Waals surface area contributed by atoms with Crippen molar-refractivity contribution in [3.05, 3.63) is 66.2 Å². The zero-order chi connectivity index (χ0) is 20.7. The largest absolute Gasteiger partial charge is 0.344 e. The molecule has 3 rings (SSSR count). The molecule has 2 aromatic carbocycles. The highest BCUT2D eigenvalue weighted by molar-refractivity contribution is 7.89. The summed E-state index contributed by atoms with van der Waals surface area (Å²) in [5.74, 6) is 0.0154. The van der Waals surface area contributed by atoms with Crippen LogP contribution in [0.1, 0.15) is 31.4 Å². The maximum absolute atomic E-state index is 12.7. The van der Waals surface area contributed by atoms with Gasteiger partial charge in [-0.2, -0.15) is 4.31 Å². The van der Waals surface area contributed by atoms with Gasteiger partial charge < -0.3 is 10.2 Å². The second-order valence-corrected chi connectivity index (χ2v) is 9.40. The molecule has 1 saturated heterocycles. The molecule has 0 aromatic heterocycles. The third-order valence-corrected chi connectivity index (χ3v) is 7.25. The van der Waals surface area contributed by atoms with E-state index >= 15 is 0 Å². The highest BCUT2D eigenvalue weighted by Gasteiger charge is 2.31. The highest BCUT2D eigenvalue weighted by atomic mass is 32.2. The fourth-order valence-electron chi connectivity index (χ4n) is 3.73. The molecule has 6 nitrogen and oxygen atoms in total. The van der Waals surface area contributed by atoms with Crippen LogP contribution in [0, 0.1) is 0 Å². The van der Waals surface area contributed by atoms with E-state index in [1.165, 1.54) is 4.31 Å². The molecule has 0 radical (unpaired) electrons. The third-order valence-electron chi connectivity index (χ3n) is 5.34. The summed E-state index contributed by atoms with van der Waals surface area (Å²) in [6.45, 7) is 4.59. The van der Waals surface area contributed by atoms with E-state index in [0.717, 1.165) is 23.3 Å². The summed E-state index contributed by atoms with van der Waals surface area (Å²) >= 11 is 0. The summed E-state index contributed by atoms with van der Waals surface area (Å²) in [6.07, 6.45) is 1.89. The van der Waals surface area contributed by atoms with Crippen molar-refractivity contribution in [1.29, 1.82) is 0 Å². The molecule has 1 fully saturated rings. The summed E-state index contributed by atoms with van der Waals surface area (Å²) in [7, 11) is -3.46. The number of hydrogen-bond acceptors (Lipinski definition) is 3. The summed E-state index contributed by atoms with van der Waals surface area (Å²) in [5.41, 5.74) is 1.12. The second kappa shape index (κ2) is 10.0. The van der Waals surface area contributed by atoms with Gasteiger partial charge in [0, 0.05) is 0 Å². The van der Waals surface area contributed by atoms with Crippen molar-refractivity contribution >= 4 is 15.9 Å². The van der Waals surface area contributed by atoms with E-state index < -0.39 is 10.0 Å². The molecule has 0 saturated carbocycles. The lowest BCUT2D eigenvalue weighted by atomic mass is 10.0. The number of piperazine rings is 1. The minimum Gasteiger partial charge on any atom is -0.344 e. The van der Waals surface area contributed by atoms with Gasteiger partial charge in [-0.1, -0.05) is 61.9 Å². The topological polar surface area (TPSA) is 70.9 Å². The van der Waals surface area contributed by atoms with Crippen LogP contribution in [0.5, 0.6) is 0 Å². The van der Waals surface area contributed by atoms with E-state index in [2.05, 4.69) is 12.2 Å².